The van der Waals surface area contributed by atoms with Gasteiger partial charge in [-0.15, -0.1) is 0 Å². The van der Waals surface area contributed by atoms with Gasteiger partial charge in [0.15, 0.2) is 0 Å². The van der Waals surface area contributed by atoms with Gasteiger partial charge in [-0.05, 0) is 44.9 Å². The third-order valence-electron chi connectivity index (χ3n) is 3.77. The van der Waals surface area contributed by atoms with Gasteiger partial charge in [0.2, 0.25) is 0 Å². The molecule has 0 unspecified atom stereocenters. The van der Waals surface area contributed by atoms with Crippen molar-refractivity contribution in [1.29, 1.82) is 0 Å². The fraction of sp³-hybridized carbons (Fsp3) is 0.400. The lowest BCUT2D eigenvalue weighted by Gasteiger charge is -2.22. The van der Waals surface area contributed by atoms with Gasteiger partial charge in [-0.1, -0.05) is 12.1 Å². The summed E-state index contributed by atoms with van der Waals surface area (Å²) in [5.41, 5.74) is 3.80. The van der Waals surface area contributed by atoms with Crippen molar-refractivity contribution < 1.29 is 8.42 Å². The predicted molar refractivity (Wildman–Crippen MR) is 84.2 cm³/mol. The predicted octanol–water partition coefficient (Wildman–Crippen LogP) is 2.48. The highest BCUT2D eigenvalue weighted by Gasteiger charge is 2.29. The van der Waals surface area contributed by atoms with Crippen molar-refractivity contribution in [2.24, 2.45) is 7.05 Å². The van der Waals surface area contributed by atoms with Crippen LogP contribution in [0.25, 0.3) is 0 Å². The summed E-state index contributed by atoms with van der Waals surface area (Å²) >= 11 is 0. The Morgan fingerprint density at radius 1 is 1.14 bits per heavy atom. The van der Waals surface area contributed by atoms with Crippen LogP contribution in [0, 0.1) is 27.7 Å². The number of aryl methyl sites for hydroxylation is 4. The molecular weight excluding hydrogens is 286 g/mol. The van der Waals surface area contributed by atoms with Crippen molar-refractivity contribution in [3.8, 4) is 0 Å². The zero-order valence-corrected chi connectivity index (χ0v) is 14.1. The summed E-state index contributed by atoms with van der Waals surface area (Å²) in [7, 11) is -0.286. The Morgan fingerprint density at radius 2 is 1.76 bits per heavy atom. The molecule has 2 rings (SSSR count). The second-order valence-electron chi connectivity index (χ2n) is 5.39. The monoisotopic (exact) mass is 307 g/mol. The minimum absolute atomic E-state index is 0.286. The molecule has 21 heavy (non-hydrogen) atoms. The second-order valence-corrected chi connectivity index (χ2v) is 7.29. The van der Waals surface area contributed by atoms with E-state index in [2.05, 4.69) is 5.10 Å². The molecule has 0 spiro atoms. The lowest BCUT2D eigenvalue weighted by Crippen LogP contribution is -2.28. The lowest BCUT2D eigenvalue weighted by molar-refractivity contribution is 0.592. The van der Waals surface area contributed by atoms with Gasteiger partial charge in [-0.3, -0.25) is 8.99 Å². The summed E-state index contributed by atoms with van der Waals surface area (Å²) in [5, 5.41) is 4.20. The van der Waals surface area contributed by atoms with Crippen LogP contribution in [0.2, 0.25) is 0 Å². The standard InChI is InChI=1S/C15H21N3O2S/c1-10-7-8-11(2)14(9-10)18(6)21(19,20)15-12(3)16-17(5)13(15)4/h7-9H,1-6H3. The first-order valence-corrected chi connectivity index (χ1v) is 8.16. The van der Waals surface area contributed by atoms with Crippen LogP contribution in [-0.4, -0.2) is 25.2 Å². The van der Waals surface area contributed by atoms with Crippen molar-refractivity contribution in [2.75, 3.05) is 11.4 Å². The van der Waals surface area contributed by atoms with Gasteiger partial charge >= 0.3 is 0 Å². The molecule has 0 saturated heterocycles. The quantitative estimate of drug-likeness (QED) is 0.875. The Kier molecular flexibility index (Phi) is 3.84. The van der Waals surface area contributed by atoms with Crippen LogP contribution in [0.5, 0.6) is 0 Å². The average molecular weight is 307 g/mol. The van der Waals surface area contributed by atoms with Gasteiger partial charge in [0.05, 0.1) is 17.1 Å². The zero-order chi connectivity index (χ0) is 15.9. The molecule has 0 saturated carbocycles. The minimum Gasteiger partial charge on any atom is -0.271 e. The summed E-state index contributed by atoms with van der Waals surface area (Å²) in [6.45, 7) is 7.34. The highest BCUT2D eigenvalue weighted by atomic mass is 32.2. The summed E-state index contributed by atoms with van der Waals surface area (Å²) in [6.07, 6.45) is 0. The molecule has 0 aliphatic carbocycles. The van der Waals surface area contributed by atoms with Crippen molar-refractivity contribution in [1.82, 2.24) is 9.78 Å². The zero-order valence-electron chi connectivity index (χ0n) is 13.3. The van der Waals surface area contributed by atoms with Gasteiger partial charge in [0.25, 0.3) is 10.0 Å². The molecule has 1 aromatic heterocycles. The van der Waals surface area contributed by atoms with Crippen LogP contribution in [0.4, 0.5) is 5.69 Å². The number of benzene rings is 1. The Balaban J connectivity index is 2.61. The van der Waals surface area contributed by atoms with Crippen molar-refractivity contribution in [3.63, 3.8) is 0 Å². The number of aromatic nitrogens is 2. The summed E-state index contributed by atoms with van der Waals surface area (Å²) in [5.74, 6) is 0. The Bertz CT molecular complexity index is 791. The second kappa shape index (κ2) is 5.18. The van der Waals surface area contributed by atoms with Gasteiger partial charge in [-0.25, -0.2) is 8.42 Å². The molecule has 1 heterocycles. The van der Waals surface area contributed by atoms with Crippen LogP contribution in [-0.2, 0) is 17.1 Å². The molecule has 0 amide bonds. The van der Waals surface area contributed by atoms with Crippen LogP contribution >= 0.6 is 0 Å². The molecular formula is C15H21N3O2S. The van der Waals surface area contributed by atoms with E-state index in [0.717, 1.165) is 11.1 Å². The molecule has 0 bridgehead atoms. The van der Waals surface area contributed by atoms with E-state index in [-0.39, 0.29) is 4.90 Å². The molecule has 0 aliphatic rings. The smallest absolute Gasteiger partial charge is 0.267 e. The topological polar surface area (TPSA) is 55.2 Å². The van der Waals surface area contributed by atoms with E-state index in [1.807, 2.05) is 32.0 Å². The van der Waals surface area contributed by atoms with Gasteiger partial charge in [0, 0.05) is 14.1 Å². The maximum absolute atomic E-state index is 12.9. The van der Waals surface area contributed by atoms with E-state index < -0.39 is 10.0 Å². The van der Waals surface area contributed by atoms with Gasteiger partial charge < -0.3 is 0 Å². The first-order chi connectivity index (χ1) is 9.66. The Labute approximate surface area is 126 Å². The van der Waals surface area contributed by atoms with E-state index in [9.17, 15) is 8.42 Å². The number of anilines is 1. The van der Waals surface area contributed by atoms with Gasteiger partial charge in [-0.2, -0.15) is 5.10 Å². The number of hydrogen-bond acceptors (Lipinski definition) is 3. The third-order valence-corrected chi connectivity index (χ3v) is 5.79. The number of sulfonamides is 1. The molecule has 2 aromatic rings. The molecule has 0 N–H and O–H groups in total. The summed E-state index contributed by atoms with van der Waals surface area (Å²) < 4.78 is 28.8. The molecule has 5 nitrogen and oxygen atoms in total. The van der Waals surface area contributed by atoms with E-state index in [1.165, 1.54) is 4.31 Å². The van der Waals surface area contributed by atoms with Crippen molar-refractivity contribution >= 4 is 15.7 Å². The molecule has 0 fully saturated rings. The molecule has 0 aliphatic heterocycles. The Morgan fingerprint density at radius 3 is 2.29 bits per heavy atom. The normalized spacial score (nSPS) is 11.7. The maximum atomic E-state index is 12.9. The molecule has 1 aromatic carbocycles. The van der Waals surface area contributed by atoms with Gasteiger partial charge in [0.1, 0.15) is 4.90 Å². The molecule has 114 valence electrons. The van der Waals surface area contributed by atoms with Crippen LogP contribution in [0.15, 0.2) is 23.1 Å². The Hall–Kier alpha value is -1.82. The average Bonchev–Trinajstić information content (AvgIpc) is 2.65. The highest BCUT2D eigenvalue weighted by molar-refractivity contribution is 7.92. The number of hydrogen-bond donors (Lipinski definition) is 0. The van der Waals surface area contributed by atoms with Crippen molar-refractivity contribution in [2.45, 2.75) is 32.6 Å². The summed E-state index contributed by atoms with van der Waals surface area (Å²) in [4.78, 5) is 0.286. The van der Waals surface area contributed by atoms with Crippen LogP contribution in [0.1, 0.15) is 22.5 Å². The number of nitrogens with zero attached hydrogens (tertiary/aromatic N) is 3. The summed E-state index contributed by atoms with van der Waals surface area (Å²) in [6, 6.07) is 5.79. The molecule has 6 heteroatoms. The first-order valence-electron chi connectivity index (χ1n) is 6.72. The lowest BCUT2D eigenvalue weighted by atomic mass is 10.1. The van der Waals surface area contributed by atoms with Crippen molar-refractivity contribution in [3.05, 3.63) is 40.7 Å². The molecule has 0 radical (unpaired) electrons. The van der Waals surface area contributed by atoms with E-state index in [1.54, 1.807) is 32.6 Å². The molecule has 0 atom stereocenters. The largest absolute Gasteiger partial charge is 0.271 e. The van der Waals surface area contributed by atoms with E-state index in [4.69, 9.17) is 0 Å². The SMILES string of the molecule is Cc1ccc(C)c(N(C)S(=O)(=O)c2c(C)nn(C)c2C)c1. The first kappa shape index (κ1) is 15.6. The van der Waals surface area contributed by atoms with E-state index >= 15 is 0 Å². The minimum atomic E-state index is -3.62. The van der Waals surface area contributed by atoms with Crippen LogP contribution < -0.4 is 4.31 Å². The fourth-order valence-corrected chi connectivity index (χ4v) is 4.10. The highest BCUT2D eigenvalue weighted by Crippen LogP contribution is 2.29. The number of rotatable bonds is 3. The van der Waals surface area contributed by atoms with Crippen LogP contribution in [0.3, 0.4) is 0 Å². The third kappa shape index (κ3) is 2.55. The maximum Gasteiger partial charge on any atom is 0.267 e. The van der Waals surface area contributed by atoms with E-state index in [0.29, 0.717) is 17.1 Å². The fourth-order valence-electron chi connectivity index (χ4n) is 2.45.